The van der Waals surface area contributed by atoms with Gasteiger partial charge in [-0.15, -0.1) is 11.3 Å². The number of rotatable bonds is 3. The number of nitrogens with zero attached hydrogens (tertiary/aromatic N) is 1. The third kappa shape index (κ3) is 3.85. The van der Waals surface area contributed by atoms with Gasteiger partial charge in [0.05, 0.1) is 18.5 Å². The second kappa shape index (κ2) is 8.19. The number of methoxy groups -OCH3 is 1. The molecule has 0 saturated carbocycles. The van der Waals surface area contributed by atoms with E-state index < -0.39 is 6.04 Å². The third-order valence-corrected chi connectivity index (χ3v) is 7.19. The molecule has 2 aromatic carbocycles. The van der Waals surface area contributed by atoms with E-state index in [2.05, 4.69) is 19.2 Å². The van der Waals surface area contributed by atoms with Gasteiger partial charge in [-0.1, -0.05) is 32.0 Å². The molecule has 1 atom stereocenters. The van der Waals surface area contributed by atoms with Crippen LogP contribution < -0.4 is 15.0 Å². The zero-order valence-electron chi connectivity index (χ0n) is 18.9. The number of fused-ring (bicyclic) bond motifs is 1. The quantitative estimate of drug-likeness (QED) is 0.507. The smallest absolute Gasteiger partial charge is 0.259 e. The summed E-state index contributed by atoms with van der Waals surface area (Å²) >= 11 is 1.57. The van der Waals surface area contributed by atoms with Crippen molar-refractivity contribution >= 4 is 34.4 Å². The SMILES string of the molecule is COc1ccc(C(=O)N2c3ccccc3NC3=C(C(=O)CC(C)(C)C3)C2c2cccs2)cc1. The van der Waals surface area contributed by atoms with Crippen molar-refractivity contribution in [2.45, 2.75) is 32.7 Å². The third-order valence-electron chi connectivity index (χ3n) is 6.27. The van der Waals surface area contributed by atoms with Crippen molar-refractivity contribution in [1.29, 1.82) is 0 Å². The molecule has 1 aromatic heterocycles. The number of carbonyl (C=O) groups excluding carboxylic acids is 2. The zero-order valence-corrected chi connectivity index (χ0v) is 19.7. The molecule has 0 fully saturated rings. The zero-order chi connectivity index (χ0) is 23.2. The van der Waals surface area contributed by atoms with Crippen LogP contribution in [0.5, 0.6) is 5.75 Å². The van der Waals surface area contributed by atoms with Gasteiger partial charge in [-0.05, 0) is 59.7 Å². The lowest BCUT2D eigenvalue weighted by Gasteiger charge is -2.36. The molecule has 2 heterocycles. The summed E-state index contributed by atoms with van der Waals surface area (Å²) in [5.74, 6) is 0.623. The predicted molar refractivity (Wildman–Crippen MR) is 132 cm³/mol. The number of carbonyl (C=O) groups is 2. The number of allylic oxidation sites excluding steroid dienone is 1. The summed E-state index contributed by atoms with van der Waals surface area (Å²) in [5.41, 5.74) is 3.59. The minimum absolute atomic E-state index is 0.0903. The molecule has 6 heteroatoms. The molecular formula is C27H26N2O3S. The van der Waals surface area contributed by atoms with Gasteiger partial charge in [-0.2, -0.15) is 0 Å². The minimum atomic E-state index is -0.491. The van der Waals surface area contributed by atoms with Crippen molar-refractivity contribution in [1.82, 2.24) is 0 Å². The Balaban J connectivity index is 1.74. The number of benzene rings is 2. The summed E-state index contributed by atoms with van der Waals surface area (Å²) in [7, 11) is 1.60. The van der Waals surface area contributed by atoms with E-state index in [0.717, 1.165) is 28.4 Å². The van der Waals surface area contributed by atoms with Gasteiger partial charge in [0.1, 0.15) is 11.8 Å². The average molecular weight is 459 g/mol. The van der Waals surface area contributed by atoms with Crippen LogP contribution in [0.4, 0.5) is 11.4 Å². The maximum atomic E-state index is 14.1. The summed E-state index contributed by atoms with van der Waals surface area (Å²) in [6, 6.07) is 18.4. The number of thiophene rings is 1. The molecule has 1 aliphatic carbocycles. The van der Waals surface area contributed by atoms with E-state index in [1.165, 1.54) is 0 Å². The highest BCUT2D eigenvalue weighted by atomic mass is 32.1. The predicted octanol–water partition coefficient (Wildman–Crippen LogP) is 6.21. The van der Waals surface area contributed by atoms with Crippen molar-refractivity contribution in [3.8, 4) is 5.75 Å². The van der Waals surface area contributed by atoms with Gasteiger partial charge in [0.25, 0.3) is 5.91 Å². The summed E-state index contributed by atoms with van der Waals surface area (Å²) < 4.78 is 5.27. The topological polar surface area (TPSA) is 58.6 Å². The molecule has 0 spiro atoms. The van der Waals surface area contributed by atoms with E-state index in [1.807, 2.05) is 41.8 Å². The van der Waals surface area contributed by atoms with Gasteiger partial charge < -0.3 is 10.1 Å². The standard InChI is InChI=1S/C27H26N2O3S/c1-27(2)15-20-24(22(30)16-27)25(23-9-6-14-33-23)29(21-8-5-4-7-19(21)28-20)26(31)17-10-12-18(32-3)13-11-17/h4-14,25,28H,15-16H2,1-3H3. The molecule has 0 saturated heterocycles. The molecule has 168 valence electrons. The van der Waals surface area contributed by atoms with E-state index in [1.54, 1.807) is 47.6 Å². The monoisotopic (exact) mass is 458 g/mol. The molecular weight excluding hydrogens is 432 g/mol. The first-order valence-electron chi connectivity index (χ1n) is 11.0. The lowest BCUT2D eigenvalue weighted by molar-refractivity contribution is -0.118. The Bertz CT molecular complexity index is 1240. The van der Waals surface area contributed by atoms with E-state index >= 15 is 0 Å². The van der Waals surface area contributed by atoms with Gasteiger partial charge in [-0.25, -0.2) is 0 Å². The van der Waals surface area contributed by atoms with Gasteiger partial charge in [-0.3, -0.25) is 14.5 Å². The first-order valence-corrected chi connectivity index (χ1v) is 11.9. The fourth-order valence-electron chi connectivity index (χ4n) is 4.80. The molecule has 0 bridgehead atoms. The minimum Gasteiger partial charge on any atom is -0.497 e. The Hall–Kier alpha value is -3.38. The normalized spacial score (nSPS) is 19.3. The highest BCUT2D eigenvalue weighted by Crippen LogP contribution is 2.49. The molecule has 2 aliphatic rings. The Kier molecular flexibility index (Phi) is 5.33. The maximum absolute atomic E-state index is 14.1. The molecule has 1 aliphatic heterocycles. The van der Waals surface area contributed by atoms with Crippen LogP contribution in [-0.2, 0) is 4.79 Å². The summed E-state index contributed by atoms with van der Waals surface area (Å²) in [5, 5.41) is 5.54. The number of anilines is 2. The Morgan fingerprint density at radius 3 is 2.52 bits per heavy atom. The second-order valence-electron chi connectivity index (χ2n) is 9.30. The van der Waals surface area contributed by atoms with Crippen LogP contribution >= 0.6 is 11.3 Å². The lowest BCUT2D eigenvalue weighted by Crippen LogP contribution is -2.39. The van der Waals surface area contributed by atoms with Crippen LogP contribution in [0.3, 0.4) is 0 Å². The van der Waals surface area contributed by atoms with Gasteiger partial charge in [0.2, 0.25) is 0 Å². The second-order valence-corrected chi connectivity index (χ2v) is 10.3. The molecule has 3 aromatic rings. The van der Waals surface area contributed by atoms with Gasteiger partial charge >= 0.3 is 0 Å². The van der Waals surface area contributed by atoms with Crippen molar-refractivity contribution < 1.29 is 14.3 Å². The Morgan fingerprint density at radius 1 is 1.06 bits per heavy atom. The lowest BCUT2D eigenvalue weighted by atomic mass is 9.74. The van der Waals surface area contributed by atoms with Crippen LogP contribution in [0.15, 0.2) is 77.3 Å². The van der Waals surface area contributed by atoms with E-state index in [0.29, 0.717) is 23.3 Å². The van der Waals surface area contributed by atoms with Crippen LogP contribution in [0.1, 0.15) is 48.0 Å². The maximum Gasteiger partial charge on any atom is 0.259 e. The molecule has 1 N–H and O–H groups in total. The van der Waals surface area contributed by atoms with E-state index in [4.69, 9.17) is 4.74 Å². The first-order chi connectivity index (χ1) is 15.9. The highest BCUT2D eigenvalue weighted by molar-refractivity contribution is 7.10. The fourth-order valence-corrected chi connectivity index (χ4v) is 5.62. The van der Waals surface area contributed by atoms with Crippen LogP contribution in [0.2, 0.25) is 0 Å². The molecule has 0 radical (unpaired) electrons. The number of ketones is 1. The number of para-hydroxylation sites is 2. The molecule has 5 rings (SSSR count). The largest absolute Gasteiger partial charge is 0.497 e. The molecule has 1 unspecified atom stereocenters. The molecule has 33 heavy (non-hydrogen) atoms. The summed E-state index contributed by atoms with van der Waals surface area (Å²) in [6.07, 6.45) is 1.20. The van der Waals surface area contributed by atoms with Crippen molar-refractivity contribution in [3.05, 3.63) is 87.8 Å². The summed E-state index contributed by atoms with van der Waals surface area (Å²) in [4.78, 5) is 30.4. The highest BCUT2D eigenvalue weighted by Gasteiger charge is 2.43. The van der Waals surface area contributed by atoms with Crippen LogP contribution in [-0.4, -0.2) is 18.8 Å². The van der Waals surface area contributed by atoms with Gasteiger partial charge in [0, 0.05) is 28.1 Å². The van der Waals surface area contributed by atoms with E-state index in [-0.39, 0.29) is 17.1 Å². The number of nitrogens with one attached hydrogen (secondary N) is 1. The van der Waals surface area contributed by atoms with Crippen molar-refractivity contribution in [2.75, 3.05) is 17.3 Å². The van der Waals surface area contributed by atoms with Crippen molar-refractivity contribution in [2.24, 2.45) is 5.41 Å². The molecule has 1 amide bonds. The number of hydrogen-bond donors (Lipinski definition) is 1. The van der Waals surface area contributed by atoms with E-state index in [9.17, 15) is 9.59 Å². The first kappa shape index (κ1) is 21.5. The number of ether oxygens (including phenoxy) is 1. The van der Waals surface area contributed by atoms with Crippen LogP contribution in [0.25, 0.3) is 0 Å². The number of hydrogen-bond acceptors (Lipinski definition) is 5. The summed E-state index contributed by atoms with van der Waals surface area (Å²) in [6.45, 7) is 4.24. The number of Topliss-reactive ketones (excluding diaryl/α,β-unsaturated/α-hetero) is 1. The Labute approximate surface area is 197 Å². The molecule has 5 nitrogen and oxygen atoms in total. The Morgan fingerprint density at radius 2 is 1.82 bits per heavy atom. The van der Waals surface area contributed by atoms with Gasteiger partial charge in [0.15, 0.2) is 5.78 Å². The van der Waals surface area contributed by atoms with Crippen LogP contribution in [0, 0.1) is 5.41 Å². The van der Waals surface area contributed by atoms with Crippen molar-refractivity contribution in [3.63, 3.8) is 0 Å². The average Bonchev–Trinajstić information content (AvgIpc) is 3.28. The fraction of sp³-hybridized carbons (Fsp3) is 0.259. The number of amides is 1.